The molecule has 2 rings (SSSR count). The number of hydrogen-bond acceptors (Lipinski definition) is 3. The fourth-order valence-corrected chi connectivity index (χ4v) is 2.54. The molecule has 4 nitrogen and oxygen atoms in total. The molecule has 1 aliphatic heterocycles. The molecule has 1 aliphatic rings. The van der Waals surface area contributed by atoms with Crippen molar-refractivity contribution in [2.24, 2.45) is 5.92 Å². The molecule has 0 radical (unpaired) electrons. The highest BCUT2D eigenvalue weighted by atomic mass is 16.5. The van der Waals surface area contributed by atoms with Gasteiger partial charge >= 0.3 is 0 Å². The molecule has 0 fully saturated rings. The predicted molar refractivity (Wildman–Crippen MR) is 84.5 cm³/mol. The van der Waals surface area contributed by atoms with Crippen molar-refractivity contribution in [3.63, 3.8) is 0 Å². The minimum absolute atomic E-state index is 0.0395. The van der Waals surface area contributed by atoms with Crippen LogP contribution in [0, 0.1) is 5.92 Å². The second-order valence-corrected chi connectivity index (χ2v) is 5.95. The van der Waals surface area contributed by atoms with Crippen LogP contribution in [0.1, 0.15) is 41.8 Å². The molecule has 0 bridgehead atoms. The fourth-order valence-electron chi connectivity index (χ4n) is 2.54. The van der Waals surface area contributed by atoms with Crippen LogP contribution >= 0.6 is 0 Å². The normalized spacial score (nSPS) is 14.0. The summed E-state index contributed by atoms with van der Waals surface area (Å²) >= 11 is 0. The third kappa shape index (κ3) is 4.83. The van der Waals surface area contributed by atoms with Crippen molar-refractivity contribution in [2.75, 3.05) is 26.3 Å². The van der Waals surface area contributed by atoms with Crippen LogP contribution in [0.5, 0.6) is 0 Å². The predicted octanol–water partition coefficient (Wildman–Crippen LogP) is 2.12. The molecule has 0 spiro atoms. The van der Waals surface area contributed by atoms with Crippen molar-refractivity contribution in [1.29, 1.82) is 0 Å². The minimum atomic E-state index is 0.0395. The first-order chi connectivity index (χ1) is 10.2. The summed E-state index contributed by atoms with van der Waals surface area (Å²) < 4.78 is 5.51. The molecule has 4 heteroatoms. The SMILES string of the molecule is CC(C)COCCCNC(=O)c1cccc2c1CCNC2. The summed E-state index contributed by atoms with van der Waals surface area (Å²) in [6, 6.07) is 5.99. The quantitative estimate of drug-likeness (QED) is 0.756. The number of fused-ring (bicyclic) bond motifs is 1. The van der Waals surface area contributed by atoms with Crippen LogP contribution in [-0.2, 0) is 17.7 Å². The van der Waals surface area contributed by atoms with Crippen LogP contribution < -0.4 is 10.6 Å². The summed E-state index contributed by atoms with van der Waals surface area (Å²) in [6.45, 7) is 8.23. The van der Waals surface area contributed by atoms with Crippen LogP contribution in [0.2, 0.25) is 0 Å². The van der Waals surface area contributed by atoms with E-state index in [2.05, 4.69) is 30.5 Å². The van der Waals surface area contributed by atoms with E-state index in [1.54, 1.807) is 0 Å². The van der Waals surface area contributed by atoms with Crippen molar-refractivity contribution >= 4 is 5.91 Å². The first kappa shape index (κ1) is 16.0. The molecule has 0 saturated heterocycles. The number of nitrogens with one attached hydrogen (secondary N) is 2. The number of carbonyl (C=O) groups is 1. The highest BCUT2D eigenvalue weighted by Gasteiger charge is 2.16. The number of amides is 1. The van der Waals surface area contributed by atoms with Crippen LogP contribution in [0.3, 0.4) is 0 Å². The van der Waals surface area contributed by atoms with Crippen LogP contribution in [-0.4, -0.2) is 32.2 Å². The van der Waals surface area contributed by atoms with Crippen molar-refractivity contribution in [2.45, 2.75) is 33.2 Å². The highest BCUT2D eigenvalue weighted by Crippen LogP contribution is 2.18. The number of benzene rings is 1. The largest absolute Gasteiger partial charge is 0.381 e. The summed E-state index contributed by atoms with van der Waals surface area (Å²) in [7, 11) is 0. The Morgan fingerprint density at radius 2 is 2.29 bits per heavy atom. The zero-order valence-corrected chi connectivity index (χ0v) is 13.1. The standard InChI is InChI=1S/C17H26N2O2/c1-13(2)12-21-10-4-8-19-17(20)16-6-3-5-14-11-18-9-7-15(14)16/h3,5-6,13,18H,4,7-12H2,1-2H3,(H,19,20). The molecule has 1 aromatic carbocycles. The molecular weight excluding hydrogens is 264 g/mol. The van der Waals surface area contributed by atoms with E-state index in [4.69, 9.17) is 4.74 Å². The number of hydrogen-bond donors (Lipinski definition) is 2. The molecule has 0 atom stereocenters. The van der Waals surface area contributed by atoms with Gasteiger partial charge in [-0.2, -0.15) is 0 Å². The van der Waals surface area contributed by atoms with Crippen molar-refractivity contribution < 1.29 is 9.53 Å². The van der Waals surface area contributed by atoms with Gasteiger partial charge in [-0.15, -0.1) is 0 Å². The lowest BCUT2D eigenvalue weighted by molar-refractivity contribution is 0.0924. The van der Waals surface area contributed by atoms with Crippen LogP contribution in [0.15, 0.2) is 18.2 Å². The molecule has 0 saturated carbocycles. The Bertz CT molecular complexity index is 472. The maximum Gasteiger partial charge on any atom is 0.251 e. The summed E-state index contributed by atoms with van der Waals surface area (Å²) in [4.78, 5) is 12.3. The second kappa shape index (κ2) is 8.15. The molecule has 0 aromatic heterocycles. The Morgan fingerprint density at radius 3 is 3.10 bits per heavy atom. The lowest BCUT2D eigenvalue weighted by Gasteiger charge is -2.20. The third-order valence-electron chi connectivity index (χ3n) is 3.59. The monoisotopic (exact) mass is 290 g/mol. The fraction of sp³-hybridized carbons (Fsp3) is 0.588. The second-order valence-electron chi connectivity index (χ2n) is 5.95. The number of carbonyl (C=O) groups excluding carboxylic acids is 1. The Kier molecular flexibility index (Phi) is 6.21. The Balaban J connectivity index is 1.79. The first-order valence-electron chi connectivity index (χ1n) is 7.86. The Hall–Kier alpha value is -1.39. The Morgan fingerprint density at radius 1 is 1.43 bits per heavy atom. The lowest BCUT2D eigenvalue weighted by Crippen LogP contribution is -2.30. The topological polar surface area (TPSA) is 50.4 Å². The number of ether oxygens (including phenoxy) is 1. The summed E-state index contributed by atoms with van der Waals surface area (Å²) in [6.07, 6.45) is 1.78. The minimum Gasteiger partial charge on any atom is -0.381 e. The molecule has 21 heavy (non-hydrogen) atoms. The average Bonchev–Trinajstić information content (AvgIpc) is 2.49. The van der Waals surface area contributed by atoms with E-state index >= 15 is 0 Å². The summed E-state index contributed by atoms with van der Waals surface area (Å²) in [5.41, 5.74) is 3.27. The van der Waals surface area contributed by atoms with Gasteiger partial charge in [-0.1, -0.05) is 26.0 Å². The van der Waals surface area contributed by atoms with E-state index < -0.39 is 0 Å². The lowest BCUT2D eigenvalue weighted by atomic mass is 9.95. The van der Waals surface area contributed by atoms with Gasteiger partial charge in [0.05, 0.1) is 0 Å². The van der Waals surface area contributed by atoms with Crippen LogP contribution in [0.4, 0.5) is 0 Å². The van der Waals surface area contributed by atoms with E-state index in [9.17, 15) is 4.79 Å². The highest BCUT2D eigenvalue weighted by molar-refractivity contribution is 5.96. The van der Waals surface area contributed by atoms with Gasteiger partial charge in [0, 0.05) is 31.9 Å². The van der Waals surface area contributed by atoms with Crippen molar-refractivity contribution in [1.82, 2.24) is 10.6 Å². The van der Waals surface area contributed by atoms with Crippen molar-refractivity contribution in [3.05, 3.63) is 34.9 Å². The van der Waals surface area contributed by atoms with Gasteiger partial charge in [-0.05, 0) is 42.5 Å². The van der Waals surface area contributed by atoms with Gasteiger partial charge in [0.25, 0.3) is 5.91 Å². The van der Waals surface area contributed by atoms with Gasteiger partial charge in [0.15, 0.2) is 0 Å². The third-order valence-corrected chi connectivity index (χ3v) is 3.59. The smallest absolute Gasteiger partial charge is 0.251 e. The zero-order chi connectivity index (χ0) is 15.1. The molecular formula is C17H26N2O2. The van der Waals surface area contributed by atoms with E-state index in [1.807, 2.05) is 12.1 Å². The van der Waals surface area contributed by atoms with E-state index in [0.717, 1.165) is 38.1 Å². The van der Waals surface area contributed by atoms with Gasteiger partial charge < -0.3 is 15.4 Å². The van der Waals surface area contributed by atoms with Crippen LogP contribution in [0.25, 0.3) is 0 Å². The molecule has 1 amide bonds. The average molecular weight is 290 g/mol. The van der Waals surface area contributed by atoms with E-state index in [1.165, 1.54) is 11.1 Å². The first-order valence-corrected chi connectivity index (χ1v) is 7.86. The number of rotatable bonds is 7. The van der Waals surface area contributed by atoms with Gasteiger partial charge in [0.2, 0.25) is 0 Å². The van der Waals surface area contributed by atoms with Gasteiger partial charge in [-0.25, -0.2) is 0 Å². The Labute approximate surface area is 127 Å². The maximum absolute atomic E-state index is 12.3. The molecule has 0 unspecified atom stereocenters. The zero-order valence-electron chi connectivity index (χ0n) is 13.1. The summed E-state index contributed by atoms with van der Waals surface area (Å²) in [5, 5.41) is 6.33. The van der Waals surface area contributed by atoms with Gasteiger partial charge in [0.1, 0.15) is 0 Å². The van der Waals surface area contributed by atoms with Gasteiger partial charge in [-0.3, -0.25) is 4.79 Å². The van der Waals surface area contributed by atoms with E-state index in [-0.39, 0.29) is 5.91 Å². The molecule has 116 valence electrons. The summed E-state index contributed by atoms with van der Waals surface area (Å²) in [5.74, 6) is 0.599. The maximum atomic E-state index is 12.3. The molecule has 2 N–H and O–H groups in total. The molecule has 1 aromatic rings. The van der Waals surface area contributed by atoms with Crippen molar-refractivity contribution in [3.8, 4) is 0 Å². The van der Waals surface area contributed by atoms with E-state index in [0.29, 0.717) is 19.1 Å². The molecule has 0 aliphatic carbocycles. The molecule has 1 heterocycles.